The van der Waals surface area contributed by atoms with Crippen LogP contribution in [0.2, 0.25) is 0 Å². The van der Waals surface area contributed by atoms with Gasteiger partial charge >= 0.3 is 0 Å². The number of hydrogen-bond acceptors (Lipinski definition) is 9. The lowest BCUT2D eigenvalue weighted by Crippen LogP contribution is -2.57. The van der Waals surface area contributed by atoms with Crippen molar-refractivity contribution in [2.45, 2.75) is 24.9 Å². The smallest absolute Gasteiger partial charge is 0.255 e. The first-order valence-corrected chi connectivity index (χ1v) is 10.2. The summed E-state index contributed by atoms with van der Waals surface area (Å²) in [5.74, 6) is -6.85. The summed E-state index contributed by atoms with van der Waals surface area (Å²) in [6.07, 6.45) is 2.87. The average molecular weight is 452 g/mol. The van der Waals surface area contributed by atoms with Gasteiger partial charge in [-0.2, -0.15) is 0 Å². The molecule has 0 bridgehead atoms. The van der Waals surface area contributed by atoms with E-state index in [1.807, 2.05) is 0 Å². The van der Waals surface area contributed by atoms with Crippen molar-refractivity contribution in [3.63, 3.8) is 0 Å². The van der Waals surface area contributed by atoms with Gasteiger partial charge in [0.2, 0.25) is 5.78 Å². The number of hydrogen-bond donors (Lipinski definition) is 6. The van der Waals surface area contributed by atoms with Crippen molar-refractivity contribution in [1.82, 2.24) is 0 Å². The number of phenols is 1. The van der Waals surface area contributed by atoms with Crippen LogP contribution < -0.4 is 11.5 Å². The Morgan fingerprint density at radius 2 is 1.91 bits per heavy atom. The molecule has 0 spiro atoms. The summed E-state index contributed by atoms with van der Waals surface area (Å²) in [5, 5.41) is 43.1. The number of amides is 1. The predicted octanol–water partition coefficient (Wildman–Crippen LogP) is 1.42. The van der Waals surface area contributed by atoms with E-state index in [4.69, 9.17) is 15.9 Å². The number of primary amides is 1. The highest BCUT2D eigenvalue weighted by atomic mass is 16.3. The number of rotatable bonds is 2. The molecule has 0 unspecified atom stereocenters. The van der Waals surface area contributed by atoms with Crippen molar-refractivity contribution in [2.24, 2.45) is 17.6 Å². The third kappa shape index (κ3) is 2.61. The van der Waals surface area contributed by atoms with Crippen LogP contribution in [-0.2, 0) is 16.0 Å². The number of nitrogen functional groups attached to an aromatic ring is 1. The monoisotopic (exact) mass is 452 g/mol. The van der Waals surface area contributed by atoms with Crippen molar-refractivity contribution >= 4 is 23.2 Å². The summed E-state index contributed by atoms with van der Waals surface area (Å²) in [6, 6.07) is 3.20. The maximum Gasteiger partial charge on any atom is 0.255 e. The summed E-state index contributed by atoms with van der Waals surface area (Å²) >= 11 is 0. The van der Waals surface area contributed by atoms with Crippen LogP contribution in [0.4, 0.5) is 5.69 Å². The van der Waals surface area contributed by atoms with Crippen LogP contribution in [0.1, 0.15) is 28.8 Å². The minimum atomic E-state index is -2.60. The van der Waals surface area contributed by atoms with E-state index >= 15 is 0 Å². The highest BCUT2D eigenvalue weighted by Crippen LogP contribution is 2.53. The third-order valence-electron chi connectivity index (χ3n) is 6.92. The van der Waals surface area contributed by atoms with Gasteiger partial charge in [-0.1, -0.05) is 0 Å². The molecule has 0 aliphatic heterocycles. The van der Waals surface area contributed by atoms with Crippen LogP contribution in [0.5, 0.6) is 5.75 Å². The van der Waals surface area contributed by atoms with E-state index in [2.05, 4.69) is 0 Å². The molecule has 3 aliphatic rings. The van der Waals surface area contributed by atoms with Crippen LogP contribution in [0, 0.1) is 11.8 Å². The van der Waals surface area contributed by atoms with Crippen molar-refractivity contribution < 1.29 is 39.2 Å². The highest BCUT2D eigenvalue weighted by Gasteiger charge is 2.59. The second-order valence-electron chi connectivity index (χ2n) is 8.64. The van der Waals surface area contributed by atoms with Gasteiger partial charge in [0.1, 0.15) is 22.8 Å². The molecule has 10 nitrogen and oxygen atoms in total. The van der Waals surface area contributed by atoms with Crippen molar-refractivity contribution in [2.75, 3.05) is 5.73 Å². The van der Waals surface area contributed by atoms with E-state index in [0.717, 1.165) is 0 Å². The fraction of sp³-hybridized carbons (Fsp3) is 0.261. The highest BCUT2D eigenvalue weighted by molar-refractivity contribution is 6.24. The Morgan fingerprint density at radius 1 is 1.18 bits per heavy atom. The lowest BCUT2D eigenvalue weighted by Gasteiger charge is -2.45. The third-order valence-corrected chi connectivity index (χ3v) is 6.92. The number of benzene rings is 1. The molecule has 3 atom stereocenters. The van der Waals surface area contributed by atoms with Gasteiger partial charge in [0.25, 0.3) is 5.91 Å². The molecular formula is C23H20N2O8. The van der Waals surface area contributed by atoms with Crippen LogP contribution in [-0.4, -0.2) is 43.5 Å². The fourth-order valence-electron chi connectivity index (χ4n) is 5.38. The number of allylic oxidation sites excluding steroid dienone is 2. The van der Waals surface area contributed by atoms with Crippen molar-refractivity contribution in [3.05, 3.63) is 58.5 Å². The first-order chi connectivity index (χ1) is 15.6. The number of carbonyl (C=O) groups is 3. The van der Waals surface area contributed by atoms with E-state index in [9.17, 15) is 34.8 Å². The molecule has 8 N–H and O–H groups in total. The molecule has 1 aromatic heterocycles. The molecule has 2 aromatic rings. The lowest BCUT2D eigenvalue weighted by atomic mass is 9.60. The maximum absolute atomic E-state index is 13.5. The van der Waals surface area contributed by atoms with Crippen LogP contribution in [0.25, 0.3) is 11.1 Å². The van der Waals surface area contributed by atoms with E-state index in [-0.39, 0.29) is 36.1 Å². The summed E-state index contributed by atoms with van der Waals surface area (Å²) < 4.78 is 5.14. The van der Waals surface area contributed by atoms with Gasteiger partial charge in [-0.05, 0) is 42.0 Å². The normalized spacial score (nSPS) is 26.7. The van der Waals surface area contributed by atoms with Crippen molar-refractivity contribution in [3.8, 4) is 16.9 Å². The number of anilines is 1. The van der Waals surface area contributed by atoms with Crippen molar-refractivity contribution in [1.29, 1.82) is 0 Å². The summed E-state index contributed by atoms with van der Waals surface area (Å²) in [5.41, 5.74) is 8.97. The number of fused-ring (bicyclic) bond motifs is 3. The summed E-state index contributed by atoms with van der Waals surface area (Å²) in [4.78, 5) is 38.2. The molecule has 33 heavy (non-hydrogen) atoms. The van der Waals surface area contributed by atoms with Gasteiger partial charge in [0.15, 0.2) is 11.4 Å². The molecule has 1 amide bonds. The molecule has 170 valence electrons. The zero-order chi connectivity index (χ0) is 23.8. The standard InChI is InChI=1S/C23H20N2O8/c24-13-6-11(8-1-2-33-7-8)12-4-9-3-10-5-14(26)17(22(25)31)21(30)23(10,32)20(29)15(9)19(28)16(12)18(13)27/h1-2,6-7,9-10,26-27,29,32H,3-5,24H2,(H2,25,31)/t9-,10+,23+/m1/s1. The Balaban J connectivity index is 1.72. The van der Waals surface area contributed by atoms with Gasteiger partial charge in [-0.3, -0.25) is 14.4 Å². The van der Waals surface area contributed by atoms with Crippen LogP contribution in [0.15, 0.2) is 51.7 Å². The number of nitrogens with two attached hydrogens (primary N) is 2. The number of aromatic hydroxyl groups is 1. The molecule has 5 rings (SSSR count). The number of aliphatic hydroxyl groups is 3. The molecule has 1 heterocycles. The van der Waals surface area contributed by atoms with E-state index in [1.165, 1.54) is 18.6 Å². The second-order valence-corrected chi connectivity index (χ2v) is 8.64. The summed E-state index contributed by atoms with van der Waals surface area (Å²) in [7, 11) is 0. The van der Waals surface area contributed by atoms with Gasteiger partial charge in [0.05, 0.1) is 23.8 Å². The zero-order valence-electron chi connectivity index (χ0n) is 17.2. The minimum Gasteiger partial charge on any atom is -0.511 e. The Kier molecular flexibility index (Phi) is 4.24. The number of carbonyl (C=O) groups excluding carboxylic acids is 3. The predicted molar refractivity (Wildman–Crippen MR) is 113 cm³/mol. The molecule has 10 heteroatoms. The second kappa shape index (κ2) is 6.72. The average Bonchev–Trinajstić information content (AvgIpc) is 3.27. The molecule has 0 radical (unpaired) electrons. The SMILES string of the molecule is NC(=O)C1=C(O)C[C@@H]2C[C@@H]3Cc4c(-c5ccoc5)cc(N)c(O)c4C(=O)C3=C(O)[C@]2(O)C1=O. The van der Waals surface area contributed by atoms with E-state index in [0.29, 0.717) is 16.7 Å². The van der Waals surface area contributed by atoms with Gasteiger partial charge in [-0.15, -0.1) is 0 Å². The Labute approximate surface area is 186 Å². The van der Waals surface area contributed by atoms with Gasteiger partial charge in [0, 0.05) is 23.5 Å². The van der Waals surface area contributed by atoms with Crippen LogP contribution >= 0.6 is 0 Å². The first-order valence-electron chi connectivity index (χ1n) is 10.2. The maximum atomic E-state index is 13.5. The minimum absolute atomic E-state index is 0.0544. The number of phenolic OH excluding ortho intramolecular Hbond substituents is 1. The molecule has 0 saturated carbocycles. The Hall–Kier alpha value is -4.05. The quantitative estimate of drug-likeness (QED) is 0.222. The van der Waals surface area contributed by atoms with E-state index < -0.39 is 57.8 Å². The molecule has 0 fully saturated rings. The fourth-order valence-corrected chi connectivity index (χ4v) is 5.38. The number of ketones is 2. The molecular weight excluding hydrogens is 432 g/mol. The van der Waals surface area contributed by atoms with Gasteiger partial charge in [-0.25, -0.2) is 0 Å². The Morgan fingerprint density at radius 3 is 2.55 bits per heavy atom. The van der Waals surface area contributed by atoms with E-state index in [1.54, 1.807) is 6.07 Å². The zero-order valence-corrected chi connectivity index (χ0v) is 17.2. The first kappa shape index (κ1) is 20.8. The topological polar surface area (TPSA) is 197 Å². The van der Waals surface area contributed by atoms with Crippen LogP contribution in [0.3, 0.4) is 0 Å². The Bertz CT molecular complexity index is 1320. The largest absolute Gasteiger partial charge is 0.511 e. The molecule has 3 aliphatic carbocycles. The number of aliphatic hydroxyl groups excluding tert-OH is 2. The number of Topliss-reactive ketones (excluding diaryl/α,β-unsaturated/α-hetero) is 2. The molecule has 1 aromatic carbocycles. The lowest BCUT2D eigenvalue weighted by molar-refractivity contribution is -0.144. The summed E-state index contributed by atoms with van der Waals surface area (Å²) in [6.45, 7) is 0. The number of furan rings is 1. The van der Waals surface area contributed by atoms with Gasteiger partial charge < -0.3 is 36.3 Å². The molecule has 0 saturated heterocycles.